The molecule has 154 valence electrons. The normalized spacial score (nSPS) is 14.8. The predicted molar refractivity (Wildman–Crippen MR) is 119 cm³/mol. The highest BCUT2D eigenvalue weighted by atomic mass is 16.5. The van der Waals surface area contributed by atoms with Crippen molar-refractivity contribution in [2.75, 3.05) is 38.5 Å². The van der Waals surface area contributed by atoms with Crippen LogP contribution in [0.5, 0.6) is 11.5 Å². The minimum absolute atomic E-state index is 0.550. The summed E-state index contributed by atoms with van der Waals surface area (Å²) in [6.07, 6.45) is 6.40. The van der Waals surface area contributed by atoms with Crippen molar-refractivity contribution >= 4 is 28.1 Å². The van der Waals surface area contributed by atoms with Crippen LogP contribution in [0.3, 0.4) is 0 Å². The number of aromatic amines is 1. The minimum atomic E-state index is 0.550. The number of para-hydroxylation sites is 1. The van der Waals surface area contributed by atoms with Crippen LogP contribution >= 0.6 is 0 Å². The summed E-state index contributed by atoms with van der Waals surface area (Å²) in [6.45, 7) is 0. The summed E-state index contributed by atoms with van der Waals surface area (Å²) in [5.41, 5.74) is 4.99. The first-order chi connectivity index (χ1) is 14.1. The third-order valence-electron chi connectivity index (χ3n) is 5.76. The van der Waals surface area contributed by atoms with Crippen molar-refractivity contribution in [3.63, 3.8) is 0 Å². The van der Waals surface area contributed by atoms with Gasteiger partial charge in [0.25, 0.3) is 0 Å². The topological polar surface area (TPSA) is 62.4 Å². The number of ether oxygens (including phenoxy) is 2. The Bertz CT molecular complexity index is 990. The number of anilines is 3. The van der Waals surface area contributed by atoms with E-state index in [1.54, 1.807) is 14.2 Å². The van der Waals surface area contributed by atoms with Gasteiger partial charge in [-0.05, 0) is 37.1 Å². The van der Waals surface area contributed by atoms with Crippen molar-refractivity contribution in [2.45, 2.75) is 38.0 Å². The van der Waals surface area contributed by atoms with Crippen LogP contribution < -0.4 is 19.7 Å². The molecule has 0 radical (unpaired) electrons. The monoisotopic (exact) mass is 394 g/mol. The van der Waals surface area contributed by atoms with Gasteiger partial charge in [0.15, 0.2) is 11.5 Å². The number of methoxy groups -OCH3 is 2. The Labute approximate surface area is 172 Å². The summed E-state index contributed by atoms with van der Waals surface area (Å²) < 4.78 is 11.0. The Morgan fingerprint density at radius 3 is 2.52 bits per heavy atom. The van der Waals surface area contributed by atoms with Gasteiger partial charge in [-0.2, -0.15) is 0 Å². The molecule has 0 spiro atoms. The van der Waals surface area contributed by atoms with Crippen molar-refractivity contribution in [2.24, 2.45) is 0 Å². The molecule has 4 rings (SSSR count). The maximum atomic E-state index is 5.59. The highest BCUT2D eigenvalue weighted by molar-refractivity contribution is 5.90. The first-order valence-electron chi connectivity index (χ1n) is 10.3. The lowest BCUT2D eigenvalue weighted by molar-refractivity contribution is 0.356. The van der Waals surface area contributed by atoms with Gasteiger partial charge in [-0.1, -0.05) is 25.3 Å². The molecule has 3 aromatic rings. The van der Waals surface area contributed by atoms with Crippen LogP contribution in [0.25, 0.3) is 11.0 Å². The SMILES string of the molecule is COc1cccc(Nc2cc3nc(C4CCCCC4)[nH]c3cc2N(C)C)c1OC. The Balaban J connectivity index is 1.74. The average molecular weight is 395 g/mol. The number of aromatic nitrogens is 2. The summed E-state index contributed by atoms with van der Waals surface area (Å²) in [5, 5.41) is 3.53. The Morgan fingerprint density at radius 1 is 1.03 bits per heavy atom. The van der Waals surface area contributed by atoms with E-state index in [9.17, 15) is 0 Å². The van der Waals surface area contributed by atoms with Gasteiger partial charge in [0, 0.05) is 20.0 Å². The third-order valence-corrected chi connectivity index (χ3v) is 5.76. The predicted octanol–water partition coefficient (Wildman–Crippen LogP) is 5.44. The number of hydrogen-bond acceptors (Lipinski definition) is 5. The fourth-order valence-electron chi connectivity index (χ4n) is 4.24. The fourth-order valence-corrected chi connectivity index (χ4v) is 4.24. The van der Waals surface area contributed by atoms with E-state index < -0.39 is 0 Å². The zero-order chi connectivity index (χ0) is 20.4. The van der Waals surface area contributed by atoms with Crippen molar-refractivity contribution < 1.29 is 9.47 Å². The summed E-state index contributed by atoms with van der Waals surface area (Å²) in [7, 11) is 7.40. The molecule has 1 heterocycles. The quantitative estimate of drug-likeness (QED) is 0.583. The van der Waals surface area contributed by atoms with E-state index in [0.717, 1.165) is 33.9 Å². The molecule has 0 saturated heterocycles. The number of H-pyrrole nitrogens is 1. The van der Waals surface area contributed by atoms with Crippen molar-refractivity contribution in [3.8, 4) is 11.5 Å². The molecule has 6 nitrogen and oxygen atoms in total. The molecule has 0 unspecified atom stereocenters. The number of rotatable bonds is 6. The lowest BCUT2D eigenvalue weighted by atomic mass is 9.89. The Hall–Kier alpha value is -2.89. The molecule has 0 atom stereocenters. The minimum Gasteiger partial charge on any atom is -0.493 e. The summed E-state index contributed by atoms with van der Waals surface area (Å²) in [5.74, 6) is 3.06. The van der Waals surface area contributed by atoms with Gasteiger partial charge in [-0.3, -0.25) is 0 Å². The first-order valence-corrected chi connectivity index (χ1v) is 10.3. The van der Waals surface area contributed by atoms with Crippen molar-refractivity contribution in [1.29, 1.82) is 0 Å². The van der Waals surface area contributed by atoms with E-state index in [4.69, 9.17) is 14.5 Å². The zero-order valence-electron chi connectivity index (χ0n) is 17.7. The van der Waals surface area contributed by atoms with Crippen LogP contribution in [-0.2, 0) is 0 Å². The number of imidazole rings is 1. The summed E-state index contributed by atoms with van der Waals surface area (Å²) in [4.78, 5) is 10.6. The van der Waals surface area contributed by atoms with Gasteiger partial charge >= 0.3 is 0 Å². The molecule has 1 fully saturated rings. The zero-order valence-corrected chi connectivity index (χ0v) is 17.7. The van der Waals surface area contributed by atoms with Gasteiger partial charge < -0.3 is 24.7 Å². The van der Waals surface area contributed by atoms with E-state index in [1.807, 2.05) is 32.3 Å². The van der Waals surface area contributed by atoms with Gasteiger partial charge in [0.2, 0.25) is 0 Å². The van der Waals surface area contributed by atoms with Crippen LogP contribution in [0.1, 0.15) is 43.8 Å². The second-order valence-corrected chi connectivity index (χ2v) is 7.90. The van der Waals surface area contributed by atoms with Gasteiger partial charge in [0.1, 0.15) is 5.82 Å². The molecule has 1 aromatic heterocycles. The van der Waals surface area contributed by atoms with Crippen LogP contribution in [0.15, 0.2) is 30.3 Å². The van der Waals surface area contributed by atoms with E-state index in [1.165, 1.54) is 32.1 Å². The summed E-state index contributed by atoms with van der Waals surface area (Å²) >= 11 is 0. The van der Waals surface area contributed by atoms with Crippen LogP contribution in [0.4, 0.5) is 17.1 Å². The molecule has 0 aliphatic heterocycles. The largest absolute Gasteiger partial charge is 0.493 e. The third kappa shape index (κ3) is 3.84. The fraction of sp³-hybridized carbons (Fsp3) is 0.435. The molecular formula is C23H30N4O2. The Morgan fingerprint density at radius 2 is 1.83 bits per heavy atom. The van der Waals surface area contributed by atoms with E-state index in [2.05, 4.69) is 27.3 Å². The summed E-state index contributed by atoms with van der Waals surface area (Å²) in [6, 6.07) is 10.1. The number of fused-ring (bicyclic) bond motifs is 1. The number of benzene rings is 2. The molecule has 0 amide bonds. The van der Waals surface area contributed by atoms with E-state index in [0.29, 0.717) is 17.4 Å². The standard InChI is InChI=1S/C23H30N4O2/c1-27(2)20-14-18-17(25-23(26-18)15-9-6-5-7-10-15)13-19(20)24-16-11-8-12-21(28-3)22(16)29-4/h8,11-15,24H,5-7,9-10H2,1-4H3,(H,25,26). The van der Waals surface area contributed by atoms with Crippen LogP contribution in [0, 0.1) is 0 Å². The molecule has 1 aliphatic rings. The molecule has 0 bridgehead atoms. The van der Waals surface area contributed by atoms with Crippen LogP contribution in [-0.4, -0.2) is 38.3 Å². The van der Waals surface area contributed by atoms with Crippen molar-refractivity contribution in [1.82, 2.24) is 9.97 Å². The maximum Gasteiger partial charge on any atom is 0.184 e. The second kappa shape index (κ2) is 8.23. The van der Waals surface area contributed by atoms with Crippen molar-refractivity contribution in [3.05, 3.63) is 36.2 Å². The molecule has 2 aromatic carbocycles. The van der Waals surface area contributed by atoms with Gasteiger partial charge in [-0.15, -0.1) is 0 Å². The molecule has 2 N–H and O–H groups in total. The van der Waals surface area contributed by atoms with E-state index >= 15 is 0 Å². The van der Waals surface area contributed by atoms with Gasteiger partial charge in [0.05, 0.1) is 42.3 Å². The average Bonchev–Trinajstić information content (AvgIpc) is 3.16. The molecule has 1 aliphatic carbocycles. The molecule has 1 saturated carbocycles. The second-order valence-electron chi connectivity index (χ2n) is 7.90. The molecule has 6 heteroatoms. The molecule has 29 heavy (non-hydrogen) atoms. The first kappa shape index (κ1) is 19.4. The number of nitrogens with zero attached hydrogens (tertiary/aromatic N) is 2. The maximum absolute atomic E-state index is 5.59. The highest BCUT2D eigenvalue weighted by Crippen LogP contribution is 2.40. The lowest BCUT2D eigenvalue weighted by Gasteiger charge is -2.20. The number of hydrogen-bond donors (Lipinski definition) is 2. The van der Waals surface area contributed by atoms with Gasteiger partial charge in [-0.25, -0.2) is 4.98 Å². The molecular weight excluding hydrogens is 364 g/mol. The van der Waals surface area contributed by atoms with E-state index in [-0.39, 0.29) is 0 Å². The lowest BCUT2D eigenvalue weighted by Crippen LogP contribution is -2.11. The highest BCUT2D eigenvalue weighted by Gasteiger charge is 2.20. The number of nitrogens with one attached hydrogen (secondary N) is 2. The Kier molecular flexibility index (Phi) is 5.51. The smallest absolute Gasteiger partial charge is 0.184 e. The van der Waals surface area contributed by atoms with Crippen LogP contribution in [0.2, 0.25) is 0 Å².